The first-order valence-corrected chi connectivity index (χ1v) is 7.75. The largest absolute Gasteiger partial charge is 0.475 e. The number of benzene rings is 2. The number of carbonyl (C=O) groups is 1. The fourth-order valence-corrected chi connectivity index (χ4v) is 2.21. The lowest BCUT2D eigenvalue weighted by atomic mass is 10.0. The molecule has 0 aliphatic heterocycles. The van der Waals surface area contributed by atoms with Gasteiger partial charge in [0, 0.05) is 11.1 Å². The summed E-state index contributed by atoms with van der Waals surface area (Å²) in [6.07, 6.45) is 0.403. The molecular formula is C19H23NO3. The molecule has 0 radical (unpaired) electrons. The van der Waals surface area contributed by atoms with Gasteiger partial charge >= 0.3 is 0 Å². The molecule has 0 aliphatic carbocycles. The Kier molecular flexibility index (Phi) is 5.53. The zero-order valence-electron chi connectivity index (χ0n) is 13.7. The molecule has 0 amide bonds. The molecule has 0 aliphatic rings. The Hall–Kier alpha value is -2.17. The third-order valence-corrected chi connectivity index (χ3v) is 3.32. The summed E-state index contributed by atoms with van der Waals surface area (Å²) in [6, 6.07) is 16.2. The quantitative estimate of drug-likeness (QED) is 0.608. The summed E-state index contributed by atoms with van der Waals surface area (Å²) in [4.78, 5) is 12.3. The van der Waals surface area contributed by atoms with E-state index in [1.165, 1.54) is 0 Å². The third kappa shape index (κ3) is 5.20. The van der Waals surface area contributed by atoms with Gasteiger partial charge in [-0.2, -0.15) is 0 Å². The molecule has 122 valence electrons. The predicted octanol–water partition coefficient (Wildman–Crippen LogP) is 3.35. The summed E-state index contributed by atoms with van der Waals surface area (Å²) >= 11 is 0. The molecule has 2 N–H and O–H groups in total. The van der Waals surface area contributed by atoms with Gasteiger partial charge in [-0.15, -0.1) is 0 Å². The highest BCUT2D eigenvalue weighted by Gasteiger charge is 2.18. The molecule has 0 fully saturated rings. The fourth-order valence-electron chi connectivity index (χ4n) is 2.21. The summed E-state index contributed by atoms with van der Waals surface area (Å²) < 4.78 is 5.80. The maximum absolute atomic E-state index is 12.3. The van der Waals surface area contributed by atoms with E-state index >= 15 is 0 Å². The lowest BCUT2D eigenvalue weighted by Crippen LogP contribution is -2.48. The Morgan fingerprint density at radius 3 is 2.17 bits per heavy atom. The zero-order valence-corrected chi connectivity index (χ0v) is 13.7. The topological polar surface area (TPSA) is 58.6 Å². The SMILES string of the molecule is CCC(NC(C)(C)O)Oc1ccc(C(=O)c2ccccc2)cc1. The minimum absolute atomic E-state index is 0.0150. The van der Waals surface area contributed by atoms with E-state index in [9.17, 15) is 9.90 Å². The van der Waals surface area contributed by atoms with Crippen LogP contribution in [0.25, 0.3) is 0 Å². The van der Waals surface area contributed by atoms with E-state index in [0.29, 0.717) is 23.3 Å². The number of nitrogens with one attached hydrogen (secondary N) is 1. The van der Waals surface area contributed by atoms with Crippen molar-refractivity contribution >= 4 is 5.78 Å². The van der Waals surface area contributed by atoms with Crippen molar-refractivity contribution in [1.29, 1.82) is 0 Å². The van der Waals surface area contributed by atoms with Gasteiger partial charge in [0.05, 0.1) is 0 Å². The van der Waals surface area contributed by atoms with E-state index < -0.39 is 5.72 Å². The highest BCUT2D eigenvalue weighted by molar-refractivity contribution is 6.08. The maximum atomic E-state index is 12.3. The first-order chi connectivity index (χ1) is 10.9. The molecule has 1 unspecified atom stereocenters. The average molecular weight is 313 g/mol. The lowest BCUT2D eigenvalue weighted by molar-refractivity contribution is -0.0110. The van der Waals surface area contributed by atoms with E-state index in [2.05, 4.69) is 5.32 Å². The van der Waals surface area contributed by atoms with Crippen molar-refractivity contribution < 1.29 is 14.6 Å². The second-order valence-electron chi connectivity index (χ2n) is 5.94. The molecule has 0 saturated carbocycles. The number of hydrogen-bond donors (Lipinski definition) is 2. The van der Waals surface area contributed by atoms with Gasteiger partial charge in [0.2, 0.25) is 0 Å². The lowest BCUT2D eigenvalue weighted by Gasteiger charge is -2.27. The second-order valence-corrected chi connectivity index (χ2v) is 5.94. The normalized spacial score (nSPS) is 12.7. The van der Waals surface area contributed by atoms with Crippen molar-refractivity contribution in [3.8, 4) is 5.75 Å². The highest BCUT2D eigenvalue weighted by Crippen LogP contribution is 2.17. The molecule has 2 rings (SSSR count). The molecule has 4 heteroatoms. The Morgan fingerprint density at radius 2 is 1.65 bits per heavy atom. The van der Waals surface area contributed by atoms with Gasteiger partial charge in [-0.1, -0.05) is 37.3 Å². The molecule has 1 atom stereocenters. The smallest absolute Gasteiger partial charge is 0.193 e. The van der Waals surface area contributed by atoms with Crippen LogP contribution in [-0.4, -0.2) is 22.8 Å². The van der Waals surface area contributed by atoms with Gasteiger partial charge in [-0.3, -0.25) is 10.1 Å². The third-order valence-electron chi connectivity index (χ3n) is 3.32. The molecule has 0 saturated heterocycles. The summed E-state index contributed by atoms with van der Waals surface area (Å²) in [5, 5.41) is 12.8. The first kappa shape index (κ1) is 17.2. The molecule has 0 heterocycles. The Labute approximate surface area is 137 Å². The van der Waals surface area contributed by atoms with Crippen LogP contribution in [0.1, 0.15) is 43.1 Å². The highest BCUT2D eigenvalue weighted by atomic mass is 16.5. The second kappa shape index (κ2) is 7.40. The predicted molar refractivity (Wildman–Crippen MR) is 90.5 cm³/mol. The van der Waals surface area contributed by atoms with Crippen LogP contribution in [-0.2, 0) is 0 Å². The van der Waals surface area contributed by atoms with Crippen LogP contribution in [0, 0.1) is 0 Å². The maximum Gasteiger partial charge on any atom is 0.193 e. The van der Waals surface area contributed by atoms with Crippen molar-refractivity contribution in [2.45, 2.75) is 39.1 Å². The van der Waals surface area contributed by atoms with Gasteiger partial charge in [0.1, 0.15) is 11.5 Å². The van der Waals surface area contributed by atoms with E-state index in [4.69, 9.17) is 4.74 Å². The van der Waals surface area contributed by atoms with Crippen LogP contribution in [0.3, 0.4) is 0 Å². The average Bonchev–Trinajstić information content (AvgIpc) is 2.54. The van der Waals surface area contributed by atoms with Crippen molar-refractivity contribution in [3.63, 3.8) is 0 Å². The zero-order chi connectivity index (χ0) is 16.9. The van der Waals surface area contributed by atoms with E-state index in [-0.39, 0.29) is 12.0 Å². The number of ketones is 1. The first-order valence-electron chi connectivity index (χ1n) is 7.75. The molecule has 2 aromatic rings. The van der Waals surface area contributed by atoms with Gasteiger partial charge in [-0.25, -0.2) is 0 Å². The number of carbonyl (C=O) groups excluding carboxylic acids is 1. The van der Waals surface area contributed by atoms with Gasteiger partial charge in [0.25, 0.3) is 0 Å². The van der Waals surface area contributed by atoms with Crippen molar-refractivity contribution in [2.75, 3.05) is 0 Å². The standard InChI is InChI=1S/C19H23NO3/c1-4-17(20-19(2,3)22)23-16-12-10-15(11-13-16)18(21)14-8-6-5-7-9-14/h5-13,17,20,22H,4H2,1-3H3. The summed E-state index contributed by atoms with van der Waals surface area (Å²) in [5.41, 5.74) is 0.271. The number of ether oxygens (including phenoxy) is 1. The monoisotopic (exact) mass is 313 g/mol. The molecule has 0 aromatic heterocycles. The molecule has 4 nitrogen and oxygen atoms in total. The van der Waals surface area contributed by atoms with Crippen molar-refractivity contribution in [2.24, 2.45) is 0 Å². The Bertz CT molecular complexity index is 630. The Balaban J connectivity index is 2.06. The minimum atomic E-state index is -1.01. The van der Waals surface area contributed by atoms with Gasteiger partial charge in [-0.05, 0) is 44.5 Å². The number of aliphatic hydroxyl groups is 1. The van der Waals surface area contributed by atoms with Crippen molar-refractivity contribution in [1.82, 2.24) is 5.32 Å². The molecule has 2 aromatic carbocycles. The van der Waals surface area contributed by atoms with Crippen molar-refractivity contribution in [3.05, 3.63) is 65.7 Å². The molecule has 0 bridgehead atoms. The van der Waals surface area contributed by atoms with Crippen LogP contribution in [0.2, 0.25) is 0 Å². The number of rotatable bonds is 7. The summed E-state index contributed by atoms with van der Waals surface area (Å²) in [6.45, 7) is 5.30. The van der Waals surface area contributed by atoms with Gasteiger partial charge < -0.3 is 9.84 Å². The fraction of sp³-hybridized carbons (Fsp3) is 0.316. The summed E-state index contributed by atoms with van der Waals surface area (Å²) in [7, 11) is 0. The van der Waals surface area contributed by atoms with Crippen LogP contribution in [0.15, 0.2) is 54.6 Å². The molecular weight excluding hydrogens is 290 g/mol. The Morgan fingerprint density at radius 1 is 1.09 bits per heavy atom. The minimum Gasteiger partial charge on any atom is -0.475 e. The van der Waals surface area contributed by atoms with Crippen LogP contribution < -0.4 is 10.1 Å². The van der Waals surface area contributed by atoms with Crippen LogP contribution in [0.5, 0.6) is 5.75 Å². The van der Waals surface area contributed by atoms with E-state index in [1.807, 2.05) is 25.1 Å². The van der Waals surface area contributed by atoms with Gasteiger partial charge in [0.15, 0.2) is 12.0 Å². The van der Waals surface area contributed by atoms with E-state index in [0.717, 1.165) is 0 Å². The summed E-state index contributed by atoms with van der Waals surface area (Å²) in [5.74, 6) is 0.636. The van der Waals surface area contributed by atoms with E-state index in [1.54, 1.807) is 50.2 Å². The molecule has 23 heavy (non-hydrogen) atoms. The van der Waals surface area contributed by atoms with Crippen LogP contribution in [0.4, 0.5) is 0 Å². The number of hydrogen-bond acceptors (Lipinski definition) is 4. The molecule has 0 spiro atoms. The van der Waals surface area contributed by atoms with Crippen LogP contribution >= 0.6 is 0 Å².